The van der Waals surface area contributed by atoms with Crippen molar-refractivity contribution in [1.29, 1.82) is 5.41 Å². The van der Waals surface area contributed by atoms with Gasteiger partial charge in [0, 0.05) is 29.2 Å². The van der Waals surface area contributed by atoms with E-state index in [0.29, 0.717) is 39.5 Å². The minimum Gasteiger partial charge on any atom is -0.398 e. The van der Waals surface area contributed by atoms with Crippen LogP contribution < -0.4 is 16.4 Å². The van der Waals surface area contributed by atoms with Crippen molar-refractivity contribution in [2.75, 3.05) is 17.6 Å². The fraction of sp³-hybridized carbons (Fsp3) is 0.286. The number of carbonyl (C=O) groups is 2. The zero-order valence-corrected chi connectivity index (χ0v) is 16.9. The van der Waals surface area contributed by atoms with E-state index < -0.39 is 30.6 Å². The average Bonchev–Trinajstić information content (AvgIpc) is 2.97. The van der Waals surface area contributed by atoms with Gasteiger partial charge in [0.05, 0.1) is 11.3 Å². The van der Waals surface area contributed by atoms with Crippen molar-refractivity contribution < 1.29 is 22.8 Å². The Morgan fingerprint density at radius 3 is 2.61 bits per heavy atom. The molecule has 0 saturated heterocycles. The quantitative estimate of drug-likeness (QED) is 0.413. The zero-order chi connectivity index (χ0) is 22.9. The Balaban J connectivity index is 1.76. The highest BCUT2D eigenvalue weighted by Crippen LogP contribution is 2.32. The summed E-state index contributed by atoms with van der Waals surface area (Å²) >= 11 is 0. The van der Waals surface area contributed by atoms with E-state index in [-0.39, 0.29) is 6.54 Å². The first-order valence-corrected chi connectivity index (χ1v) is 9.46. The number of carbonyl (C=O) groups excluding carboxylic acids is 2. The number of alkyl halides is 3. The summed E-state index contributed by atoms with van der Waals surface area (Å²) in [5.74, 6) is -1.33. The van der Waals surface area contributed by atoms with Crippen molar-refractivity contribution in [3.63, 3.8) is 0 Å². The van der Waals surface area contributed by atoms with Gasteiger partial charge in [-0.05, 0) is 43.7 Å². The summed E-state index contributed by atoms with van der Waals surface area (Å²) in [6, 6.07) is 8.23. The van der Waals surface area contributed by atoms with Gasteiger partial charge in [-0.3, -0.25) is 9.59 Å². The average molecular weight is 433 g/mol. The number of nitrogens with zero attached hydrogens (tertiary/aromatic N) is 1. The van der Waals surface area contributed by atoms with E-state index in [1.165, 1.54) is 4.90 Å². The molecule has 2 aromatic carbocycles. The Kier molecular flexibility index (Phi) is 5.92. The van der Waals surface area contributed by atoms with Crippen LogP contribution in [0, 0.1) is 5.41 Å². The fourth-order valence-electron chi connectivity index (χ4n) is 3.33. The predicted octanol–water partition coefficient (Wildman–Crippen LogP) is 3.42. The molecule has 0 radical (unpaired) electrons. The van der Waals surface area contributed by atoms with Gasteiger partial charge in [-0.2, -0.15) is 13.2 Å². The van der Waals surface area contributed by atoms with Crippen LogP contribution in [0.5, 0.6) is 0 Å². The maximum absolute atomic E-state index is 12.9. The van der Waals surface area contributed by atoms with Gasteiger partial charge >= 0.3 is 6.18 Å². The predicted molar refractivity (Wildman–Crippen MR) is 111 cm³/mol. The topological polar surface area (TPSA) is 111 Å². The molecule has 2 amide bonds. The normalized spacial score (nSPS) is 14.2. The molecule has 0 aromatic heterocycles. The van der Waals surface area contributed by atoms with Gasteiger partial charge in [-0.25, -0.2) is 0 Å². The lowest BCUT2D eigenvalue weighted by atomic mass is 10.1. The maximum Gasteiger partial charge on any atom is 0.408 e. The number of fused-ring (bicyclic) bond motifs is 1. The number of nitrogens with two attached hydrogens (primary N) is 1. The van der Waals surface area contributed by atoms with Gasteiger partial charge in [0.1, 0.15) is 12.6 Å². The van der Waals surface area contributed by atoms with E-state index in [2.05, 4.69) is 5.32 Å². The molecule has 1 aliphatic heterocycles. The van der Waals surface area contributed by atoms with Crippen molar-refractivity contribution in [2.24, 2.45) is 0 Å². The summed E-state index contributed by atoms with van der Waals surface area (Å²) in [6.07, 6.45) is -4.56. The lowest BCUT2D eigenvalue weighted by Gasteiger charge is -2.20. The smallest absolute Gasteiger partial charge is 0.398 e. The molecule has 0 bridgehead atoms. The Labute approximate surface area is 176 Å². The van der Waals surface area contributed by atoms with Gasteiger partial charge in [-0.1, -0.05) is 12.1 Å². The first kappa shape index (κ1) is 22.1. The number of halogens is 3. The van der Waals surface area contributed by atoms with E-state index in [0.717, 1.165) is 6.92 Å². The number of amides is 2. The summed E-state index contributed by atoms with van der Waals surface area (Å²) in [5, 5.41) is 12.7. The Morgan fingerprint density at radius 1 is 1.29 bits per heavy atom. The van der Waals surface area contributed by atoms with Crippen LogP contribution in [0.4, 0.5) is 30.2 Å². The number of hydrogen-bond donors (Lipinski definition) is 4. The minimum atomic E-state index is -4.56. The highest BCUT2D eigenvalue weighted by molar-refractivity contribution is 6.06. The van der Waals surface area contributed by atoms with Gasteiger partial charge in [-0.15, -0.1) is 0 Å². The standard InChI is InChI=1S/C21H22F3N5O2/c1-11(25)15-7-6-14(8-16(15)26)28-17-5-3-4-13-9-29(20(31)19(13)17)10-18(30)27-12(2)21(22,23)24/h3-8,12,25,28H,9-10,26H2,1-2H3,(H,27,30)/t12-/m0/s1. The fourth-order valence-corrected chi connectivity index (χ4v) is 3.33. The van der Waals surface area contributed by atoms with E-state index in [9.17, 15) is 22.8 Å². The van der Waals surface area contributed by atoms with Crippen LogP contribution in [0.2, 0.25) is 0 Å². The van der Waals surface area contributed by atoms with Crippen LogP contribution >= 0.6 is 0 Å². The number of nitrogen functional groups attached to an aromatic ring is 1. The van der Waals surface area contributed by atoms with Crippen LogP contribution in [0.1, 0.15) is 35.3 Å². The molecule has 5 N–H and O–H groups in total. The van der Waals surface area contributed by atoms with E-state index >= 15 is 0 Å². The van der Waals surface area contributed by atoms with E-state index in [4.69, 9.17) is 11.1 Å². The molecular weight excluding hydrogens is 411 g/mol. The Morgan fingerprint density at radius 2 is 2.00 bits per heavy atom. The van der Waals surface area contributed by atoms with Crippen LogP contribution in [0.3, 0.4) is 0 Å². The van der Waals surface area contributed by atoms with Gasteiger partial charge in [0.25, 0.3) is 5.91 Å². The zero-order valence-electron chi connectivity index (χ0n) is 16.9. The molecule has 2 aromatic rings. The molecule has 1 atom stereocenters. The summed E-state index contributed by atoms with van der Waals surface area (Å²) in [4.78, 5) is 26.1. The number of nitrogens with one attached hydrogen (secondary N) is 3. The van der Waals surface area contributed by atoms with Gasteiger partial charge < -0.3 is 26.7 Å². The second-order valence-electron chi connectivity index (χ2n) is 7.38. The third kappa shape index (κ3) is 4.79. The first-order valence-electron chi connectivity index (χ1n) is 9.46. The van der Waals surface area contributed by atoms with Crippen molar-refractivity contribution in [3.8, 4) is 0 Å². The summed E-state index contributed by atoms with van der Waals surface area (Å²) in [6.45, 7) is 2.11. The monoisotopic (exact) mass is 433 g/mol. The molecule has 0 saturated carbocycles. The molecule has 1 heterocycles. The van der Waals surface area contributed by atoms with Crippen molar-refractivity contribution >= 4 is 34.6 Å². The van der Waals surface area contributed by atoms with Crippen LogP contribution in [0.15, 0.2) is 36.4 Å². The Hall–Kier alpha value is -3.56. The molecular formula is C21H22F3N5O2. The third-order valence-electron chi connectivity index (χ3n) is 4.95. The van der Waals surface area contributed by atoms with Crippen LogP contribution in [0.25, 0.3) is 0 Å². The van der Waals surface area contributed by atoms with Crippen LogP contribution in [-0.2, 0) is 11.3 Å². The Bertz CT molecular complexity index is 1050. The largest absolute Gasteiger partial charge is 0.408 e. The van der Waals surface area contributed by atoms with E-state index in [1.54, 1.807) is 43.3 Å². The second-order valence-corrected chi connectivity index (χ2v) is 7.38. The molecule has 31 heavy (non-hydrogen) atoms. The molecule has 10 heteroatoms. The number of hydrogen-bond acceptors (Lipinski definition) is 5. The van der Waals surface area contributed by atoms with Crippen molar-refractivity contribution in [1.82, 2.24) is 10.2 Å². The molecule has 0 unspecified atom stereocenters. The van der Waals surface area contributed by atoms with Crippen molar-refractivity contribution in [2.45, 2.75) is 32.6 Å². The van der Waals surface area contributed by atoms with Gasteiger partial charge in [0.15, 0.2) is 0 Å². The molecule has 0 spiro atoms. The molecule has 7 nitrogen and oxygen atoms in total. The number of anilines is 3. The first-order chi connectivity index (χ1) is 14.5. The number of rotatable bonds is 6. The molecule has 0 aliphatic carbocycles. The number of benzene rings is 2. The lowest BCUT2D eigenvalue weighted by molar-refractivity contribution is -0.158. The second kappa shape index (κ2) is 8.29. The van der Waals surface area contributed by atoms with Gasteiger partial charge in [0.2, 0.25) is 5.91 Å². The molecule has 1 aliphatic rings. The SMILES string of the molecule is CC(=N)c1ccc(Nc2cccc3c2C(=O)N(CC(=O)N[C@@H](C)C(F)(F)F)C3)cc1N. The third-order valence-corrected chi connectivity index (χ3v) is 4.95. The lowest BCUT2D eigenvalue weighted by Crippen LogP contribution is -2.47. The highest BCUT2D eigenvalue weighted by Gasteiger charge is 2.38. The highest BCUT2D eigenvalue weighted by atomic mass is 19.4. The summed E-state index contributed by atoms with van der Waals surface area (Å²) in [5.41, 5.74) is 9.44. The maximum atomic E-state index is 12.9. The molecule has 3 rings (SSSR count). The molecule has 164 valence electrons. The van der Waals surface area contributed by atoms with Crippen LogP contribution in [-0.4, -0.2) is 41.2 Å². The van der Waals surface area contributed by atoms with Crippen molar-refractivity contribution in [3.05, 3.63) is 53.1 Å². The minimum absolute atomic E-state index is 0.117. The van der Waals surface area contributed by atoms with E-state index in [1.807, 2.05) is 5.32 Å². The molecule has 0 fully saturated rings. The summed E-state index contributed by atoms with van der Waals surface area (Å²) < 4.78 is 37.9. The summed E-state index contributed by atoms with van der Waals surface area (Å²) in [7, 11) is 0.